The molecule has 0 spiro atoms. The van der Waals surface area contributed by atoms with Crippen molar-refractivity contribution >= 4 is 32.4 Å². The summed E-state index contributed by atoms with van der Waals surface area (Å²) in [5.74, 6) is 0.0770. The molecular weight excluding hydrogens is 342 g/mol. The van der Waals surface area contributed by atoms with E-state index < -0.39 is 0 Å². The molecular formula is C21H24N3OS. The number of aromatic nitrogens is 1. The van der Waals surface area contributed by atoms with Crippen LogP contribution in [0.1, 0.15) is 29.5 Å². The Morgan fingerprint density at radius 2 is 1.81 bits per heavy atom. The second-order valence-electron chi connectivity index (χ2n) is 7.28. The third-order valence-corrected chi connectivity index (χ3v) is 6.31. The first-order chi connectivity index (χ1) is 12.5. The van der Waals surface area contributed by atoms with Crippen molar-refractivity contribution in [3.8, 4) is 5.75 Å². The molecule has 1 aliphatic heterocycles. The lowest BCUT2D eigenvalue weighted by Crippen LogP contribution is -2.39. The van der Waals surface area contributed by atoms with Gasteiger partial charge < -0.3 is 10.2 Å². The summed E-state index contributed by atoms with van der Waals surface area (Å²) in [7, 11) is 0. The standard InChI is InChI=1S/C21H24N3OS/c1-13-11-14(2)19(15(3)12-13)22-16-7-9-24(10-8-16)21-23-17-5-4-6-18(25)20(17)26-21/h4-6,11-12,16,22H,7-10H2,1-3H3. The van der Waals surface area contributed by atoms with Crippen LogP contribution in [0.3, 0.4) is 0 Å². The lowest BCUT2D eigenvalue weighted by Gasteiger charge is -2.33. The Kier molecular flexibility index (Phi) is 4.49. The maximum absolute atomic E-state index is 12.0. The van der Waals surface area contributed by atoms with E-state index in [2.05, 4.69) is 48.1 Å². The van der Waals surface area contributed by atoms with Gasteiger partial charge in [0.1, 0.15) is 4.70 Å². The van der Waals surface area contributed by atoms with Crippen LogP contribution in [-0.4, -0.2) is 24.1 Å². The van der Waals surface area contributed by atoms with Crippen molar-refractivity contribution in [2.24, 2.45) is 0 Å². The molecule has 26 heavy (non-hydrogen) atoms. The minimum absolute atomic E-state index is 0.0770. The van der Waals surface area contributed by atoms with Crippen LogP contribution in [0.4, 0.5) is 10.8 Å². The van der Waals surface area contributed by atoms with Crippen LogP contribution in [0.5, 0.6) is 5.75 Å². The molecule has 1 fully saturated rings. The van der Waals surface area contributed by atoms with Crippen molar-refractivity contribution in [1.29, 1.82) is 0 Å². The van der Waals surface area contributed by atoms with E-state index in [9.17, 15) is 5.11 Å². The van der Waals surface area contributed by atoms with Crippen LogP contribution in [0.15, 0.2) is 30.3 Å². The number of benzene rings is 2. The molecule has 1 N–H and O–H groups in total. The third-order valence-electron chi connectivity index (χ3n) is 5.16. The maximum atomic E-state index is 12.0. The fourth-order valence-corrected chi connectivity index (χ4v) is 4.90. The summed E-state index contributed by atoms with van der Waals surface area (Å²) < 4.78 is 0.772. The van der Waals surface area contributed by atoms with E-state index in [1.807, 2.05) is 6.07 Å². The van der Waals surface area contributed by atoms with E-state index in [1.165, 1.54) is 33.7 Å². The van der Waals surface area contributed by atoms with Gasteiger partial charge in [0.2, 0.25) is 0 Å². The number of hydrogen-bond donors (Lipinski definition) is 1. The first kappa shape index (κ1) is 17.2. The molecule has 1 aromatic heterocycles. The van der Waals surface area contributed by atoms with E-state index >= 15 is 0 Å². The summed E-state index contributed by atoms with van der Waals surface area (Å²) in [5.41, 5.74) is 6.06. The van der Waals surface area contributed by atoms with Gasteiger partial charge in [-0.25, -0.2) is 4.98 Å². The van der Waals surface area contributed by atoms with Crippen LogP contribution < -0.4 is 10.2 Å². The quantitative estimate of drug-likeness (QED) is 0.671. The highest BCUT2D eigenvalue weighted by molar-refractivity contribution is 7.22. The highest BCUT2D eigenvalue weighted by Crippen LogP contribution is 2.36. The smallest absolute Gasteiger partial charge is 0.198 e. The Morgan fingerprint density at radius 3 is 2.46 bits per heavy atom. The summed E-state index contributed by atoms with van der Waals surface area (Å²) in [6.45, 7) is 8.44. The zero-order valence-corrected chi connectivity index (χ0v) is 16.3. The molecule has 3 aromatic rings. The predicted octanol–water partition coefficient (Wildman–Crippen LogP) is 5.45. The molecule has 0 amide bonds. The number of rotatable bonds is 3. The Hall–Kier alpha value is -2.27. The highest BCUT2D eigenvalue weighted by atomic mass is 32.1. The second-order valence-corrected chi connectivity index (χ2v) is 8.26. The minimum atomic E-state index is 0.0770. The Morgan fingerprint density at radius 1 is 1.12 bits per heavy atom. The van der Waals surface area contributed by atoms with Crippen LogP contribution in [-0.2, 0) is 5.11 Å². The molecule has 0 unspecified atom stereocenters. The minimum Gasteiger partial charge on any atom is -0.382 e. The number of nitrogens with zero attached hydrogens (tertiary/aromatic N) is 2. The van der Waals surface area contributed by atoms with Gasteiger partial charge in [-0.3, -0.25) is 5.11 Å². The number of fused-ring (bicyclic) bond motifs is 1. The van der Waals surface area contributed by atoms with Crippen molar-refractivity contribution in [2.45, 2.75) is 39.7 Å². The van der Waals surface area contributed by atoms with Gasteiger partial charge in [0.15, 0.2) is 10.9 Å². The summed E-state index contributed by atoms with van der Waals surface area (Å²) in [6, 6.07) is 10.3. The number of anilines is 2. The molecule has 1 radical (unpaired) electrons. The molecule has 135 valence electrons. The molecule has 2 aromatic carbocycles. The SMILES string of the molecule is Cc1cc(C)c(NC2CCN(c3nc4cccc([O])c4s3)CC2)c(C)c1. The first-order valence-corrected chi connectivity index (χ1v) is 9.99. The van der Waals surface area contributed by atoms with Gasteiger partial charge in [-0.2, -0.15) is 0 Å². The van der Waals surface area contributed by atoms with Gasteiger partial charge in [-0.05, 0) is 56.9 Å². The lowest BCUT2D eigenvalue weighted by atomic mass is 10.0. The largest absolute Gasteiger partial charge is 0.382 e. The number of nitrogens with one attached hydrogen (secondary N) is 1. The van der Waals surface area contributed by atoms with Crippen molar-refractivity contribution < 1.29 is 5.11 Å². The summed E-state index contributed by atoms with van der Waals surface area (Å²) in [5, 5.41) is 16.7. The lowest BCUT2D eigenvalue weighted by molar-refractivity contribution is 0.361. The monoisotopic (exact) mass is 366 g/mol. The van der Waals surface area contributed by atoms with E-state index in [-0.39, 0.29) is 5.75 Å². The average Bonchev–Trinajstić information content (AvgIpc) is 3.04. The molecule has 5 heteroatoms. The molecule has 4 nitrogen and oxygen atoms in total. The van der Waals surface area contributed by atoms with E-state index in [0.29, 0.717) is 6.04 Å². The maximum Gasteiger partial charge on any atom is 0.198 e. The predicted molar refractivity (Wildman–Crippen MR) is 109 cm³/mol. The Labute approximate surface area is 158 Å². The molecule has 1 aliphatic rings. The molecule has 0 bridgehead atoms. The van der Waals surface area contributed by atoms with E-state index in [4.69, 9.17) is 0 Å². The normalized spacial score (nSPS) is 15.6. The van der Waals surface area contributed by atoms with Gasteiger partial charge >= 0.3 is 0 Å². The van der Waals surface area contributed by atoms with Crippen molar-refractivity contribution in [1.82, 2.24) is 4.98 Å². The van der Waals surface area contributed by atoms with Crippen LogP contribution in [0, 0.1) is 20.8 Å². The molecule has 0 atom stereocenters. The molecule has 2 heterocycles. The van der Waals surface area contributed by atoms with Gasteiger partial charge in [0.05, 0.1) is 5.52 Å². The summed E-state index contributed by atoms with van der Waals surface area (Å²) in [6.07, 6.45) is 2.15. The van der Waals surface area contributed by atoms with Gasteiger partial charge in [-0.15, -0.1) is 0 Å². The molecule has 1 saturated heterocycles. The zero-order chi connectivity index (χ0) is 18.3. The third kappa shape index (κ3) is 3.23. The van der Waals surface area contributed by atoms with Gasteiger partial charge in [-0.1, -0.05) is 35.1 Å². The fourth-order valence-electron chi connectivity index (χ4n) is 3.87. The van der Waals surface area contributed by atoms with Crippen molar-refractivity contribution in [3.63, 3.8) is 0 Å². The zero-order valence-electron chi connectivity index (χ0n) is 15.5. The average molecular weight is 367 g/mol. The molecule has 0 aliphatic carbocycles. The van der Waals surface area contributed by atoms with Crippen molar-refractivity contribution in [2.75, 3.05) is 23.3 Å². The number of aryl methyl sites for hydroxylation is 3. The number of thiazole rings is 1. The van der Waals surface area contributed by atoms with E-state index in [1.54, 1.807) is 12.1 Å². The second kappa shape index (κ2) is 6.80. The van der Waals surface area contributed by atoms with Gasteiger partial charge in [0, 0.05) is 24.8 Å². The summed E-state index contributed by atoms with van der Waals surface area (Å²) in [4.78, 5) is 6.98. The molecule has 0 saturated carbocycles. The number of piperidine rings is 1. The first-order valence-electron chi connectivity index (χ1n) is 9.17. The van der Waals surface area contributed by atoms with Crippen molar-refractivity contribution in [3.05, 3.63) is 47.0 Å². The van der Waals surface area contributed by atoms with Crippen LogP contribution in [0.2, 0.25) is 0 Å². The van der Waals surface area contributed by atoms with Gasteiger partial charge in [0.25, 0.3) is 0 Å². The fraction of sp³-hybridized carbons (Fsp3) is 0.381. The molecule has 4 rings (SSSR count). The highest BCUT2D eigenvalue weighted by Gasteiger charge is 2.23. The number of hydrogen-bond acceptors (Lipinski definition) is 4. The van der Waals surface area contributed by atoms with Crippen LogP contribution in [0.25, 0.3) is 10.2 Å². The van der Waals surface area contributed by atoms with Crippen LogP contribution >= 0.6 is 11.3 Å². The Balaban J connectivity index is 1.45. The van der Waals surface area contributed by atoms with E-state index in [0.717, 1.165) is 41.3 Å². The topological polar surface area (TPSA) is 48.1 Å². The Bertz CT molecular complexity index is 919. The summed E-state index contributed by atoms with van der Waals surface area (Å²) >= 11 is 1.52.